The van der Waals surface area contributed by atoms with Crippen LogP contribution in [0.3, 0.4) is 0 Å². The summed E-state index contributed by atoms with van der Waals surface area (Å²) in [6.45, 7) is 0.0251. The van der Waals surface area contributed by atoms with Crippen molar-refractivity contribution in [2.24, 2.45) is 5.73 Å². The van der Waals surface area contributed by atoms with Crippen LogP contribution in [-0.2, 0) is 11.3 Å². The molecule has 0 saturated carbocycles. The summed E-state index contributed by atoms with van der Waals surface area (Å²) >= 11 is 12.2. The number of halogens is 2. The Morgan fingerprint density at radius 1 is 1.19 bits per heavy atom. The van der Waals surface area contributed by atoms with Crippen molar-refractivity contribution in [3.63, 3.8) is 0 Å². The summed E-state index contributed by atoms with van der Waals surface area (Å²) in [5.74, 6) is -0.517. The van der Waals surface area contributed by atoms with Crippen LogP contribution < -0.4 is 15.2 Å². The van der Waals surface area contributed by atoms with E-state index in [2.05, 4.69) is 0 Å². The number of benzene rings is 2. The number of hydrogen-bond acceptors (Lipinski definition) is 4. The summed E-state index contributed by atoms with van der Waals surface area (Å²) in [5, 5.41) is 0.745. The molecule has 2 aromatic carbocycles. The lowest BCUT2D eigenvalue weighted by Gasteiger charge is -2.19. The number of nitrogens with two attached hydrogens (primary N) is 1. The van der Waals surface area contributed by atoms with E-state index in [1.807, 2.05) is 12.1 Å². The average molecular weight is 397 g/mol. The summed E-state index contributed by atoms with van der Waals surface area (Å²) in [4.78, 5) is 25.1. The smallest absolute Gasteiger partial charge is 0.255 e. The van der Waals surface area contributed by atoms with Crippen molar-refractivity contribution in [1.82, 2.24) is 4.90 Å². The van der Waals surface area contributed by atoms with Gasteiger partial charge in [0.1, 0.15) is 0 Å². The van der Waals surface area contributed by atoms with Gasteiger partial charge in [-0.25, -0.2) is 0 Å². The fourth-order valence-electron chi connectivity index (χ4n) is 2.33. The molecule has 0 aliphatic carbocycles. The first-order valence-electron chi connectivity index (χ1n) is 7.60. The Kier molecular flexibility index (Phi) is 6.71. The summed E-state index contributed by atoms with van der Waals surface area (Å²) in [6.07, 6.45) is 0. The fourth-order valence-corrected chi connectivity index (χ4v) is 2.81. The first-order valence-corrected chi connectivity index (χ1v) is 8.36. The van der Waals surface area contributed by atoms with Gasteiger partial charge in [-0.05, 0) is 29.8 Å². The largest absolute Gasteiger partial charge is 0.493 e. The lowest BCUT2D eigenvalue weighted by atomic mass is 10.1. The van der Waals surface area contributed by atoms with Gasteiger partial charge in [0.2, 0.25) is 0 Å². The molecule has 0 fully saturated rings. The SMILES string of the molecule is COc1cc(C(=O)N(C)Cc2cccc(Cl)c2)cc(Cl)c1OCC(N)=O. The maximum absolute atomic E-state index is 12.7. The van der Waals surface area contributed by atoms with Gasteiger partial charge in [0.05, 0.1) is 12.1 Å². The van der Waals surface area contributed by atoms with Crippen molar-refractivity contribution >= 4 is 35.0 Å². The van der Waals surface area contributed by atoms with Gasteiger partial charge < -0.3 is 20.1 Å². The van der Waals surface area contributed by atoms with Crippen LogP contribution >= 0.6 is 23.2 Å². The topological polar surface area (TPSA) is 81.9 Å². The van der Waals surface area contributed by atoms with Gasteiger partial charge in [-0.15, -0.1) is 0 Å². The number of primary amides is 1. The van der Waals surface area contributed by atoms with Gasteiger partial charge in [0.25, 0.3) is 11.8 Å². The molecule has 2 amide bonds. The fraction of sp³-hybridized carbons (Fsp3) is 0.222. The normalized spacial score (nSPS) is 10.3. The molecule has 0 unspecified atom stereocenters. The number of hydrogen-bond donors (Lipinski definition) is 1. The average Bonchev–Trinajstić information content (AvgIpc) is 2.59. The van der Waals surface area contributed by atoms with E-state index in [0.29, 0.717) is 17.1 Å². The molecule has 0 spiro atoms. The molecule has 26 heavy (non-hydrogen) atoms. The third kappa shape index (κ3) is 5.03. The van der Waals surface area contributed by atoms with Gasteiger partial charge in [-0.2, -0.15) is 0 Å². The summed E-state index contributed by atoms with van der Waals surface area (Å²) in [5.41, 5.74) is 6.28. The molecule has 2 N–H and O–H groups in total. The van der Waals surface area contributed by atoms with Gasteiger partial charge in [-0.3, -0.25) is 9.59 Å². The zero-order valence-corrected chi connectivity index (χ0v) is 15.8. The molecule has 8 heteroatoms. The van der Waals surface area contributed by atoms with Gasteiger partial charge >= 0.3 is 0 Å². The molecule has 0 aromatic heterocycles. The highest BCUT2D eigenvalue weighted by Gasteiger charge is 2.19. The minimum atomic E-state index is -0.649. The molecule has 0 aliphatic rings. The minimum Gasteiger partial charge on any atom is -0.493 e. The molecule has 0 aliphatic heterocycles. The number of methoxy groups -OCH3 is 1. The summed E-state index contributed by atoms with van der Waals surface area (Å²) in [6, 6.07) is 10.2. The molecule has 0 bridgehead atoms. The second-order valence-corrected chi connectivity index (χ2v) is 6.38. The molecule has 6 nitrogen and oxygen atoms in total. The standard InChI is InChI=1S/C18H18Cl2N2O4/c1-22(9-11-4-3-5-13(19)6-11)18(24)12-7-14(20)17(15(8-12)25-2)26-10-16(21)23/h3-8H,9-10H2,1-2H3,(H2,21,23). The van der Waals surface area contributed by atoms with Crippen molar-refractivity contribution in [3.8, 4) is 11.5 Å². The molecule has 138 valence electrons. The van der Waals surface area contributed by atoms with Crippen molar-refractivity contribution < 1.29 is 19.1 Å². The Hall–Kier alpha value is -2.44. The number of carbonyl (C=O) groups excluding carboxylic acids is 2. The highest BCUT2D eigenvalue weighted by molar-refractivity contribution is 6.32. The van der Waals surface area contributed by atoms with E-state index in [1.54, 1.807) is 19.2 Å². The molecule has 0 heterocycles. The van der Waals surface area contributed by atoms with E-state index < -0.39 is 5.91 Å². The molecule has 0 radical (unpaired) electrons. The molecule has 2 rings (SSSR count). The Balaban J connectivity index is 2.22. The molecule has 0 saturated heterocycles. The lowest BCUT2D eigenvalue weighted by Crippen LogP contribution is -2.26. The maximum Gasteiger partial charge on any atom is 0.255 e. The Morgan fingerprint density at radius 3 is 2.54 bits per heavy atom. The number of carbonyl (C=O) groups is 2. The van der Waals surface area contributed by atoms with E-state index in [-0.39, 0.29) is 29.0 Å². The third-order valence-electron chi connectivity index (χ3n) is 3.49. The van der Waals surface area contributed by atoms with E-state index in [1.165, 1.54) is 24.1 Å². The monoisotopic (exact) mass is 396 g/mol. The van der Waals surface area contributed by atoms with E-state index >= 15 is 0 Å². The maximum atomic E-state index is 12.7. The van der Waals surface area contributed by atoms with E-state index in [0.717, 1.165) is 5.56 Å². The number of rotatable bonds is 7. The summed E-state index contributed by atoms with van der Waals surface area (Å²) < 4.78 is 10.5. The van der Waals surface area contributed by atoms with Crippen LogP contribution in [0.2, 0.25) is 10.0 Å². The number of nitrogens with zero attached hydrogens (tertiary/aromatic N) is 1. The quantitative estimate of drug-likeness (QED) is 0.778. The number of ether oxygens (including phenoxy) is 2. The van der Waals surface area contributed by atoms with Gasteiger partial charge in [-0.1, -0.05) is 35.3 Å². The van der Waals surface area contributed by atoms with Crippen LogP contribution in [0.15, 0.2) is 36.4 Å². The first-order chi connectivity index (χ1) is 12.3. The Bertz CT molecular complexity index is 827. The number of amides is 2. The predicted molar refractivity (Wildman–Crippen MR) is 99.9 cm³/mol. The third-order valence-corrected chi connectivity index (χ3v) is 4.01. The van der Waals surface area contributed by atoms with Gasteiger partial charge in [0, 0.05) is 24.2 Å². The van der Waals surface area contributed by atoms with Crippen LogP contribution in [0.5, 0.6) is 11.5 Å². The highest BCUT2D eigenvalue weighted by Crippen LogP contribution is 2.36. The zero-order chi connectivity index (χ0) is 19.3. The highest BCUT2D eigenvalue weighted by atomic mass is 35.5. The Morgan fingerprint density at radius 2 is 1.92 bits per heavy atom. The predicted octanol–water partition coefficient (Wildman–Crippen LogP) is 3.14. The van der Waals surface area contributed by atoms with E-state index in [4.69, 9.17) is 38.4 Å². The van der Waals surface area contributed by atoms with Crippen LogP contribution in [-0.4, -0.2) is 37.5 Å². The molecule has 2 aromatic rings. The van der Waals surface area contributed by atoms with Crippen LogP contribution in [0.1, 0.15) is 15.9 Å². The molecule has 0 atom stereocenters. The minimum absolute atomic E-state index is 0.144. The van der Waals surface area contributed by atoms with Crippen LogP contribution in [0, 0.1) is 0 Å². The van der Waals surface area contributed by atoms with Gasteiger partial charge in [0.15, 0.2) is 18.1 Å². The first kappa shape index (κ1) is 19.9. The van der Waals surface area contributed by atoms with Crippen LogP contribution in [0.4, 0.5) is 0 Å². The molecular formula is C18H18Cl2N2O4. The second kappa shape index (κ2) is 8.78. The Labute approximate surface area is 161 Å². The van der Waals surface area contributed by atoms with Crippen LogP contribution in [0.25, 0.3) is 0 Å². The molecular weight excluding hydrogens is 379 g/mol. The lowest BCUT2D eigenvalue weighted by molar-refractivity contribution is -0.119. The zero-order valence-electron chi connectivity index (χ0n) is 14.3. The van der Waals surface area contributed by atoms with Crippen molar-refractivity contribution in [2.45, 2.75) is 6.54 Å². The summed E-state index contributed by atoms with van der Waals surface area (Å²) in [7, 11) is 3.08. The van der Waals surface area contributed by atoms with Crippen molar-refractivity contribution in [2.75, 3.05) is 20.8 Å². The second-order valence-electron chi connectivity index (χ2n) is 5.54. The van der Waals surface area contributed by atoms with E-state index in [9.17, 15) is 9.59 Å². The van der Waals surface area contributed by atoms with Crippen molar-refractivity contribution in [1.29, 1.82) is 0 Å². The van der Waals surface area contributed by atoms with Crippen molar-refractivity contribution in [3.05, 3.63) is 57.6 Å².